The summed E-state index contributed by atoms with van der Waals surface area (Å²) in [7, 11) is 0. The highest BCUT2D eigenvalue weighted by Gasteiger charge is 2.49. The Labute approximate surface area is 192 Å². The summed E-state index contributed by atoms with van der Waals surface area (Å²) >= 11 is 0. The number of nitrogens with one attached hydrogen (secondary N) is 1. The first-order chi connectivity index (χ1) is 15.6. The Morgan fingerprint density at radius 3 is 2.64 bits per heavy atom. The van der Waals surface area contributed by atoms with Crippen molar-refractivity contribution in [3.63, 3.8) is 0 Å². The van der Waals surface area contributed by atoms with Crippen molar-refractivity contribution in [1.82, 2.24) is 14.9 Å². The first-order valence-corrected chi connectivity index (χ1v) is 11.0. The third kappa shape index (κ3) is 3.58. The van der Waals surface area contributed by atoms with Crippen LogP contribution in [0.2, 0.25) is 0 Å². The second-order valence-corrected chi connectivity index (χ2v) is 9.21. The predicted octanol–water partition coefficient (Wildman–Crippen LogP) is 3.20. The number of hydrogen-bond donors (Lipinski definition) is 3. The molecule has 2 aromatic heterocycles. The topological polar surface area (TPSA) is 119 Å². The summed E-state index contributed by atoms with van der Waals surface area (Å²) in [5, 5.41) is 21.9. The lowest BCUT2D eigenvalue weighted by molar-refractivity contribution is -0.150. The number of pyridine rings is 1. The number of nitrogens with zero attached hydrogens (tertiary/aromatic N) is 3. The molecular weight excluding hydrogens is 421 g/mol. The fraction of sp³-hybridized carbons (Fsp3) is 0.400. The number of carbonyl (C=O) groups excluding carboxylic acids is 1. The summed E-state index contributed by atoms with van der Waals surface area (Å²) in [4.78, 5) is 21.3. The van der Waals surface area contributed by atoms with Gasteiger partial charge in [0.05, 0.1) is 11.6 Å². The molecule has 1 saturated heterocycles. The third-order valence-corrected chi connectivity index (χ3v) is 6.89. The minimum Gasteiger partial charge on any atom is -0.384 e. The maximum absolute atomic E-state index is 15.7. The number of aromatic amines is 1. The molecule has 0 bridgehead atoms. The molecular formula is C25H28FN5O2. The monoisotopic (exact) mass is 449 g/mol. The van der Waals surface area contributed by atoms with Crippen LogP contribution in [0.4, 0.5) is 4.39 Å². The van der Waals surface area contributed by atoms with Gasteiger partial charge in [-0.25, -0.2) is 9.37 Å². The van der Waals surface area contributed by atoms with E-state index in [2.05, 4.69) is 16.0 Å². The Bertz CT molecular complexity index is 1240. The molecule has 4 atom stereocenters. The number of aromatic nitrogens is 2. The number of fused-ring (bicyclic) bond motifs is 1. The van der Waals surface area contributed by atoms with Crippen LogP contribution in [0.25, 0.3) is 22.2 Å². The number of rotatable bonds is 3. The molecule has 3 heterocycles. The largest absolute Gasteiger partial charge is 0.384 e. The molecule has 4 N–H and O–H groups in total. The lowest BCUT2D eigenvalue weighted by Crippen LogP contribution is -2.58. The molecule has 8 heteroatoms. The quantitative estimate of drug-likeness (QED) is 0.567. The SMILES string of the molecule is Cc1cc(-c2ccnc3[nH]cc(C#N)c23)cc(F)c1[C@@]1(O)[C@H](C)CN(C(=O)[C@@H](C)N)C[C@@H]1C. The highest BCUT2D eigenvalue weighted by atomic mass is 19.1. The van der Waals surface area contributed by atoms with Crippen LogP contribution < -0.4 is 5.73 Å². The van der Waals surface area contributed by atoms with Crippen LogP contribution in [0.3, 0.4) is 0 Å². The number of nitrogens with two attached hydrogens (primary N) is 1. The number of hydrogen-bond acceptors (Lipinski definition) is 5. The van der Waals surface area contributed by atoms with Crippen molar-refractivity contribution in [2.45, 2.75) is 39.3 Å². The average molecular weight is 450 g/mol. The van der Waals surface area contributed by atoms with Crippen LogP contribution >= 0.6 is 0 Å². The molecule has 0 aliphatic carbocycles. The summed E-state index contributed by atoms with van der Waals surface area (Å²) in [6.45, 7) is 7.66. The van der Waals surface area contributed by atoms with Crippen molar-refractivity contribution in [2.75, 3.05) is 13.1 Å². The van der Waals surface area contributed by atoms with Crippen molar-refractivity contribution < 1.29 is 14.3 Å². The zero-order valence-corrected chi connectivity index (χ0v) is 19.2. The summed E-state index contributed by atoms with van der Waals surface area (Å²) in [6, 6.07) is 6.51. The van der Waals surface area contributed by atoms with Gasteiger partial charge in [0, 0.05) is 48.3 Å². The van der Waals surface area contributed by atoms with Gasteiger partial charge < -0.3 is 20.7 Å². The second kappa shape index (κ2) is 8.25. The minimum atomic E-state index is -1.44. The summed E-state index contributed by atoms with van der Waals surface area (Å²) in [5.74, 6) is -1.49. The third-order valence-electron chi connectivity index (χ3n) is 6.89. The van der Waals surface area contributed by atoms with E-state index < -0.39 is 29.3 Å². The van der Waals surface area contributed by atoms with Crippen molar-refractivity contribution in [2.24, 2.45) is 17.6 Å². The lowest BCUT2D eigenvalue weighted by Gasteiger charge is -2.49. The lowest BCUT2D eigenvalue weighted by atomic mass is 9.69. The Kier molecular flexibility index (Phi) is 5.72. The van der Waals surface area contributed by atoms with Crippen LogP contribution in [0, 0.1) is 35.9 Å². The number of halogens is 1. The van der Waals surface area contributed by atoms with E-state index in [9.17, 15) is 15.2 Å². The average Bonchev–Trinajstić information content (AvgIpc) is 3.19. The molecule has 4 rings (SSSR count). The standard InChI is InChI=1S/C25H28FN5O2/c1-13-7-17(19-5-6-29-23-21(19)18(9-27)10-30-23)8-20(26)22(13)25(33)14(2)11-31(12-15(25)3)24(32)16(4)28/h5-8,10,14-16,33H,11-12,28H2,1-4H3,(H,29,30)/t14-,15+,16-,25-/m1/s1. The van der Waals surface area contributed by atoms with Crippen LogP contribution in [-0.2, 0) is 10.4 Å². The number of H-pyrrole nitrogens is 1. The summed E-state index contributed by atoms with van der Waals surface area (Å²) in [5.41, 5.74) is 7.46. The van der Waals surface area contributed by atoms with Crippen LogP contribution in [-0.4, -0.2) is 45.0 Å². The molecule has 7 nitrogen and oxygen atoms in total. The van der Waals surface area contributed by atoms with E-state index in [-0.39, 0.29) is 11.5 Å². The van der Waals surface area contributed by atoms with Gasteiger partial charge in [-0.2, -0.15) is 5.26 Å². The van der Waals surface area contributed by atoms with E-state index in [1.807, 2.05) is 19.9 Å². The van der Waals surface area contributed by atoms with Gasteiger partial charge in [-0.15, -0.1) is 0 Å². The predicted molar refractivity (Wildman–Crippen MR) is 123 cm³/mol. The van der Waals surface area contributed by atoms with Crippen LogP contribution in [0.15, 0.2) is 30.6 Å². The van der Waals surface area contributed by atoms with Gasteiger partial charge in [-0.05, 0) is 42.7 Å². The zero-order valence-electron chi connectivity index (χ0n) is 19.2. The molecule has 1 aliphatic rings. The second-order valence-electron chi connectivity index (χ2n) is 9.21. The highest BCUT2D eigenvalue weighted by Crippen LogP contribution is 2.45. The summed E-state index contributed by atoms with van der Waals surface area (Å²) in [6.07, 6.45) is 3.20. The van der Waals surface area contributed by atoms with E-state index in [0.29, 0.717) is 46.4 Å². The van der Waals surface area contributed by atoms with E-state index in [1.165, 1.54) is 6.07 Å². The molecule has 0 unspecified atom stereocenters. The number of piperidine rings is 1. The molecule has 1 aliphatic heterocycles. The number of likely N-dealkylation sites (tertiary alicyclic amines) is 1. The highest BCUT2D eigenvalue weighted by molar-refractivity contribution is 5.97. The molecule has 0 saturated carbocycles. The van der Waals surface area contributed by atoms with Gasteiger partial charge in [0.15, 0.2) is 0 Å². The number of nitriles is 1. The molecule has 172 valence electrons. The van der Waals surface area contributed by atoms with Gasteiger partial charge in [0.1, 0.15) is 23.1 Å². The first-order valence-electron chi connectivity index (χ1n) is 11.0. The van der Waals surface area contributed by atoms with Crippen molar-refractivity contribution in [3.8, 4) is 17.2 Å². The van der Waals surface area contributed by atoms with Gasteiger partial charge in [-0.3, -0.25) is 4.79 Å². The Morgan fingerprint density at radius 1 is 1.39 bits per heavy atom. The van der Waals surface area contributed by atoms with Gasteiger partial charge >= 0.3 is 0 Å². The van der Waals surface area contributed by atoms with Crippen LogP contribution in [0.1, 0.15) is 37.5 Å². The zero-order chi connectivity index (χ0) is 24.1. The normalized spacial score (nSPS) is 24.0. The molecule has 0 radical (unpaired) electrons. The van der Waals surface area contributed by atoms with Crippen molar-refractivity contribution >= 4 is 16.9 Å². The fourth-order valence-corrected chi connectivity index (χ4v) is 5.25. The van der Waals surface area contributed by atoms with E-state index in [4.69, 9.17) is 5.73 Å². The maximum Gasteiger partial charge on any atom is 0.239 e. The number of aliphatic hydroxyl groups is 1. The first kappa shape index (κ1) is 22.9. The minimum absolute atomic E-state index is 0.176. The van der Waals surface area contributed by atoms with Gasteiger partial charge in [-0.1, -0.05) is 19.9 Å². The Balaban J connectivity index is 1.78. The maximum atomic E-state index is 15.7. The van der Waals surface area contributed by atoms with Crippen LogP contribution in [0.5, 0.6) is 0 Å². The van der Waals surface area contributed by atoms with Gasteiger partial charge in [0.25, 0.3) is 0 Å². The molecule has 3 aromatic rings. The molecule has 0 spiro atoms. The Hall–Kier alpha value is -3.28. The molecule has 1 aromatic carbocycles. The number of carbonyl (C=O) groups is 1. The van der Waals surface area contributed by atoms with Crippen molar-refractivity contribution in [3.05, 3.63) is 53.1 Å². The fourth-order valence-electron chi connectivity index (χ4n) is 5.25. The number of amides is 1. The number of benzene rings is 1. The molecule has 1 fully saturated rings. The van der Waals surface area contributed by atoms with Gasteiger partial charge in [0.2, 0.25) is 5.91 Å². The van der Waals surface area contributed by atoms with E-state index >= 15 is 4.39 Å². The Morgan fingerprint density at radius 2 is 2.06 bits per heavy atom. The molecule has 1 amide bonds. The smallest absolute Gasteiger partial charge is 0.239 e. The van der Waals surface area contributed by atoms with Crippen molar-refractivity contribution in [1.29, 1.82) is 5.26 Å². The summed E-state index contributed by atoms with van der Waals surface area (Å²) < 4.78 is 15.7. The van der Waals surface area contributed by atoms with E-state index in [1.54, 1.807) is 37.2 Å². The van der Waals surface area contributed by atoms with E-state index in [0.717, 1.165) is 0 Å². The number of aryl methyl sites for hydroxylation is 1. The molecule has 33 heavy (non-hydrogen) atoms.